The van der Waals surface area contributed by atoms with Crippen molar-refractivity contribution in [2.24, 2.45) is 11.8 Å². The van der Waals surface area contributed by atoms with Gasteiger partial charge in [-0.25, -0.2) is 0 Å². The van der Waals surface area contributed by atoms with Gasteiger partial charge in [-0.1, -0.05) is 12.2 Å². The standard InChI is InChI=1S/C12H12O3/c13-7-15-10-5-12(14-6-10)11-4-8-1-2-9(11)3-8/h1-2,5-9,11H,3-4H2/t8-,9-,11+/m0/s1. The maximum Gasteiger partial charge on any atom is 0.298 e. The van der Waals surface area contributed by atoms with E-state index in [0.29, 0.717) is 24.1 Å². The second kappa shape index (κ2) is 3.26. The molecule has 1 fully saturated rings. The van der Waals surface area contributed by atoms with Crippen LogP contribution >= 0.6 is 0 Å². The Bertz CT molecular complexity index is 405. The van der Waals surface area contributed by atoms with Crippen LogP contribution in [0.1, 0.15) is 24.5 Å². The predicted molar refractivity (Wildman–Crippen MR) is 53.5 cm³/mol. The van der Waals surface area contributed by atoms with Gasteiger partial charge in [0.1, 0.15) is 12.0 Å². The molecule has 2 aliphatic carbocycles. The molecule has 3 heteroatoms. The Labute approximate surface area is 87.7 Å². The lowest BCUT2D eigenvalue weighted by molar-refractivity contribution is -0.120. The van der Waals surface area contributed by atoms with Crippen LogP contribution in [0.3, 0.4) is 0 Å². The van der Waals surface area contributed by atoms with Crippen LogP contribution in [-0.4, -0.2) is 6.47 Å². The summed E-state index contributed by atoms with van der Waals surface area (Å²) in [6.07, 6.45) is 8.48. The molecule has 1 saturated carbocycles. The first-order valence-electron chi connectivity index (χ1n) is 5.24. The molecule has 2 bridgehead atoms. The van der Waals surface area contributed by atoms with E-state index in [9.17, 15) is 4.79 Å². The van der Waals surface area contributed by atoms with Crippen LogP contribution in [0.15, 0.2) is 28.9 Å². The van der Waals surface area contributed by atoms with Gasteiger partial charge in [0.25, 0.3) is 6.47 Å². The Balaban J connectivity index is 1.81. The van der Waals surface area contributed by atoms with E-state index in [4.69, 9.17) is 9.15 Å². The van der Waals surface area contributed by atoms with Crippen molar-refractivity contribution in [1.82, 2.24) is 0 Å². The molecule has 3 atom stereocenters. The van der Waals surface area contributed by atoms with Crippen molar-refractivity contribution < 1.29 is 13.9 Å². The SMILES string of the molecule is O=COc1coc([C@@H]2C[C@H]3C=C[C@H]2C3)c1. The normalized spacial score (nSPS) is 32.1. The van der Waals surface area contributed by atoms with Crippen LogP contribution < -0.4 is 4.74 Å². The largest absolute Gasteiger partial charge is 0.465 e. The highest BCUT2D eigenvalue weighted by Crippen LogP contribution is 2.49. The summed E-state index contributed by atoms with van der Waals surface area (Å²) < 4.78 is 10.2. The quantitative estimate of drug-likeness (QED) is 0.561. The van der Waals surface area contributed by atoms with Gasteiger partial charge < -0.3 is 9.15 Å². The number of ether oxygens (including phenoxy) is 1. The smallest absolute Gasteiger partial charge is 0.298 e. The van der Waals surface area contributed by atoms with Crippen molar-refractivity contribution in [3.63, 3.8) is 0 Å². The molecule has 0 aliphatic heterocycles. The molecular formula is C12H12O3. The van der Waals surface area contributed by atoms with Crippen LogP contribution in [0.4, 0.5) is 0 Å². The Morgan fingerprint density at radius 3 is 3.00 bits per heavy atom. The average Bonchev–Trinajstić information content (AvgIpc) is 2.91. The van der Waals surface area contributed by atoms with E-state index in [-0.39, 0.29) is 0 Å². The molecule has 3 rings (SSSR count). The second-order valence-corrected chi connectivity index (χ2v) is 4.29. The number of furan rings is 1. The molecule has 0 amide bonds. The summed E-state index contributed by atoms with van der Waals surface area (Å²) in [6, 6.07) is 1.83. The van der Waals surface area contributed by atoms with Gasteiger partial charge in [0.15, 0.2) is 5.75 Å². The predicted octanol–water partition coefficient (Wildman–Crippen LogP) is 2.49. The topological polar surface area (TPSA) is 39.4 Å². The van der Waals surface area contributed by atoms with Crippen molar-refractivity contribution in [2.45, 2.75) is 18.8 Å². The minimum absolute atomic E-state index is 0.426. The van der Waals surface area contributed by atoms with E-state index in [0.717, 1.165) is 18.1 Å². The zero-order valence-electron chi connectivity index (χ0n) is 8.26. The number of rotatable bonds is 3. The minimum atomic E-state index is 0.426. The Morgan fingerprint density at radius 2 is 2.33 bits per heavy atom. The first kappa shape index (κ1) is 8.77. The fourth-order valence-electron chi connectivity index (χ4n) is 2.75. The van der Waals surface area contributed by atoms with Gasteiger partial charge in [-0.3, -0.25) is 4.79 Å². The summed E-state index contributed by atoms with van der Waals surface area (Å²) in [5.41, 5.74) is 0. The number of hydrogen-bond donors (Lipinski definition) is 0. The summed E-state index contributed by atoms with van der Waals surface area (Å²) in [7, 11) is 0. The minimum Gasteiger partial charge on any atom is -0.465 e. The van der Waals surface area contributed by atoms with Crippen molar-refractivity contribution in [3.05, 3.63) is 30.2 Å². The maximum atomic E-state index is 10.2. The van der Waals surface area contributed by atoms with E-state index in [1.807, 2.05) is 6.07 Å². The molecule has 3 nitrogen and oxygen atoms in total. The molecule has 2 aliphatic rings. The molecule has 0 spiro atoms. The lowest BCUT2D eigenvalue weighted by Crippen LogP contribution is -2.03. The molecule has 0 unspecified atom stereocenters. The van der Waals surface area contributed by atoms with Gasteiger partial charge in [0.05, 0.1) is 0 Å². The average molecular weight is 204 g/mol. The van der Waals surface area contributed by atoms with Crippen molar-refractivity contribution in [3.8, 4) is 5.75 Å². The third kappa shape index (κ3) is 1.39. The second-order valence-electron chi connectivity index (χ2n) is 4.29. The molecule has 0 aromatic carbocycles. The number of fused-ring (bicyclic) bond motifs is 2. The number of carbonyl (C=O) groups excluding carboxylic acids is 1. The van der Waals surface area contributed by atoms with Gasteiger partial charge >= 0.3 is 0 Å². The third-order valence-electron chi connectivity index (χ3n) is 3.42. The van der Waals surface area contributed by atoms with Gasteiger partial charge in [-0.15, -0.1) is 0 Å². The summed E-state index contributed by atoms with van der Waals surface area (Å²) in [5.74, 6) is 3.27. The molecule has 0 radical (unpaired) electrons. The van der Waals surface area contributed by atoms with Gasteiger partial charge in [-0.05, 0) is 24.7 Å². The zero-order chi connectivity index (χ0) is 10.3. The summed E-state index contributed by atoms with van der Waals surface area (Å²) in [5, 5.41) is 0. The summed E-state index contributed by atoms with van der Waals surface area (Å²) in [6.45, 7) is 0.426. The lowest BCUT2D eigenvalue weighted by atomic mass is 9.91. The number of allylic oxidation sites excluding steroid dienone is 2. The van der Waals surface area contributed by atoms with Gasteiger partial charge in [0.2, 0.25) is 0 Å². The summed E-state index contributed by atoms with van der Waals surface area (Å²) in [4.78, 5) is 10.2. The van der Waals surface area contributed by atoms with Crippen LogP contribution in [0, 0.1) is 11.8 Å². The molecule has 1 heterocycles. The van der Waals surface area contributed by atoms with E-state index < -0.39 is 0 Å². The van der Waals surface area contributed by atoms with E-state index in [1.165, 1.54) is 12.7 Å². The highest BCUT2D eigenvalue weighted by molar-refractivity contribution is 5.44. The monoisotopic (exact) mass is 204 g/mol. The molecule has 15 heavy (non-hydrogen) atoms. The van der Waals surface area contributed by atoms with Crippen molar-refractivity contribution in [2.75, 3.05) is 0 Å². The molecule has 0 N–H and O–H groups in total. The number of carbonyl (C=O) groups is 1. The number of hydrogen-bond acceptors (Lipinski definition) is 3. The first-order valence-corrected chi connectivity index (χ1v) is 5.24. The fraction of sp³-hybridized carbons (Fsp3) is 0.417. The Hall–Kier alpha value is -1.51. The summed E-state index contributed by atoms with van der Waals surface area (Å²) >= 11 is 0. The van der Waals surface area contributed by atoms with Crippen LogP contribution in [0.5, 0.6) is 5.75 Å². The van der Waals surface area contributed by atoms with Crippen molar-refractivity contribution >= 4 is 6.47 Å². The first-order chi connectivity index (χ1) is 7.36. The van der Waals surface area contributed by atoms with Gasteiger partial charge in [0, 0.05) is 12.0 Å². The third-order valence-corrected chi connectivity index (χ3v) is 3.42. The van der Waals surface area contributed by atoms with E-state index >= 15 is 0 Å². The molecular weight excluding hydrogens is 192 g/mol. The van der Waals surface area contributed by atoms with E-state index in [2.05, 4.69) is 12.2 Å². The Kier molecular flexibility index (Phi) is 1.91. The van der Waals surface area contributed by atoms with Crippen LogP contribution in [0.25, 0.3) is 0 Å². The molecule has 78 valence electrons. The maximum absolute atomic E-state index is 10.2. The Morgan fingerprint density at radius 1 is 1.40 bits per heavy atom. The van der Waals surface area contributed by atoms with Crippen molar-refractivity contribution in [1.29, 1.82) is 0 Å². The molecule has 1 aromatic rings. The fourth-order valence-corrected chi connectivity index (χ4v) is 2.75. The van der Waals surface area contributed by atoms with Gasteiger partial charge in [-0.2, -0.15) is 0 Å². The molecule has 1 aromatic heterocycles. The van der Waals surface area contributed by atoms with E-state index in [1.54, 1.807) is 0 Å². The zero-order valence-corrected chi connectivity index (χ0v) is 8.26. The van der Waals surface area contributed by atoms with Crippen LogP contribution in [0.2, 0.25) is 0 Å². The van der Waals surface area contributed by atoms with Crippen LogP contribution in [-0.2, 0) is 4.79 Å². The molecule has 0 saturated heterocycles. The highest BCUT2D eigenvalue weighted by atomic mass is 16.5. The highest BCUT2D eigenvalue weighted by Gasteiger charge is 2.38. The lowest BCUT2D eigenvalue weighted by Gasteiger charge is -2.14.